The summed E-state index contributed by atoms with van der Waals surface area (Å²) in [7, 11) is 0. The molecule has 3 aromatic carbocycles. The van der Waals surface area contributed by atoms with Crippen molar-refractivity contribution in [3.63, 3.8) is 0 Å². The van der Waals surface area contributed by atoms with Crippen molar-refractivity contribution >= 4 is 11.9 Å². The van der Waals surface area contributed by atoms with Gasteiger partial charge in [0.15, 0.2) is 0 Å². The Balaban J connectivity index is 1.46. The molecule has 1 amide bonds. The average Bonchev–Trinajstić information content (AvgIpc) is 3.49. The Morgan fingerprint density at radius 1 is 0.837 bits per heavy atom. The SMILES string of the molecule is CC(C)(C)[C@@H](CO)NC(=O)[C@H](C(O)CCCC(=O)OCc1ccccc1)n1ccc(-c2ccc(-c3ccccc3)cc2)c1. The van der Waals surface area contributed by atoms with E-state index in [2.05, 4.69) is 29.6 Å². The number of ether oxygens (including phenoxy) is 1. The van der Waals surface area contributed by atoms with E-state index in [1.165, 1.54) is 0 Å². The quantitative estimate of drug-likeness (QED) is 0.164. The topological polar surface area (TPSA) is 101 Å². The smallest absolute Gasteiger partial charge is 0.306 e. The zero-order valence-corrected chi connectivity index (χ0v) is 25.1. The molecule has 4 rings (SSSR count). The van der Waals surface area contributed by atoms with E-state index in [-0.39, 0.29) is 37.4 Å². The van der Waals surface area contributed by atoms with Crippen molar-refractivity contribution in [1.29, 1.82) is 0 Å². The maximum absolute atomic E-state index is 13.6. The highest BCUT2D eigenvalue weighted by atomic mass is 16.5. The molecule has 7 nitrogen and oxygen atoms in total. The molecule has 0 aliphatic carbocycles. The number of carbonyl (C=O) groups excluding carboxylic acids is 2. The second-order valence-electron chi connectivity index (χ2n) is 12.0. The van der Waals surface area contributed by atoms with Gasteiger partial charge < -0.3 is 24.8 Å². The van der Waals surface area contributed by atoms with Gasteiger partial charge in [-0.1, -0.05) is 106 Å². The fraction of sp³-hybridized carbons (Fsp3) is 0.333. The highest BCUT2D eigenvalue weighted by molar-refractivity contribution is 5.82. The fourth-order valence-electron chi connectivity index (χ4n) is 4.97. The van der Waals surface area contributed by atoms with E-state index in [1.807, 2.05) is 93.7 Å². The summed E-state index contributed by atoms with van der Waals surface area (Å²) in [6.07, 6.45) is 3.27. The van der Waals surface area contributed by atoms with Gasteiger partial charge in [0.05, 0.1) is 18.8 Å². The van der Waals surface area contributed by atoms with Gasteiger partial charge >= 0.3 is 5.97 Å². The average molecular weight is 583 g/mol. The summed E-state index contributed by atoms with van der Waals surface area (Å²) < 4.78 is 7.08. The van der Waals surface area contributed by atoms with Gasteiger partial charge in [-0.2, -0.15) is 0 Å². The summed E-state index contributed by atoms with van der Waals surface area (Å²) in [4.78, 5) is 25.9. The molecule has 0 bridgehead atoms. The zero-order valence-electron chi connectivity index (χ0n) is 25.1. The molecule has 7 heteroatoms. The molecule has 0 fully saturated rings. The Kier molecular flexibility index (Phi) is 10.9. The van der Waals surface area contributed by atoms with Crippen LogP contribution in [-0.4, -0.2) is 45.4 Å². The summed E-state index contributed by atoms with van der Waals surface area (Å²) in [6, 6.07) is 28.3. The number of hydrogen-bond donors (Lipinski definition) is 3. The molecule has 0 saturated carbocycles. The molecular formula is C36H42N2O5. The van der Waals surface area contributed by atoms with E-state index in [0.29, 0.717) is 6.42 Å². The molecule has 1 unspecified atom stereocenters. The minimum Gasteiger partial charge on any atom is -0.461 e. The molecule has 3 N–H and O–H groups in total. The van der Waals surface area contributed by atoms with Gasteiger partial charge in [-0.15, -0.1) is 0 Å². The first-order chi connectivity index (χ1) is 20.7. The number of aliphatic hydroxyl groups excluding tert-OH is 2. The number of carbonyl (C=O) groups is 2. The number of rotatable bonds is 13. The molecule has 226 valence electrons. The lowest BCUT2D eigenvalue weighted by atomic mass is 9.87. The van der Waals surface area contributed by atoms with E-state index in [1.54, 1.807) is 10.8 Å². The van der Waals surface area contributed by atoms with E-state index >= 15 is 0 Å². The lowest BCUT2D eigenvalue weighted by Gasteiger charge is -2.32. The van der Waals surface area contributed by atoms with Crippen molar-refractivity contribution in [3.05, 3.63) is 109 Å². The number of amides is 1. The van der Waals surface area contributed by atoms with Crippen molar-refractivity contribution in [3.8, 4) is 22.3 Å². The standard InChI is InChI=1S/C36H42N2O5/c1-36(2,3)32(24-39)37-35(42)34(31(40)15-10-16-33(41)43-25-26-11-6-4-7-12-26)38-22-21-30(23-38)29-19-17-28(18-20-29)27-13-8-5-9-14-27/h4-9,11-14,17-23,31-32,34,39-40H,10,15-16,24-25H2,1-3H3,(H,37,42)/t31?,32-,34+/m1/s1. The number of aromatic nitrogens is 1. The Morgan fingerprint density at radius 3 is 2.02 bits per heavy atom. The van der Waals surface area contributed by atoms with Crippen LogP contribution < -0.4 is 5.32 Å². The van der Waals surface area contributed by atoms with Crippen molar-refractivity contribution in [1.82, 2.24) is 9.88 Å². The van der Waals surface area contributed by atoms with Crippen LogP contribution in [0.3, 0.4) is 0 Å². The molecule has 0 aliphatic heterocycles. The van der Waals surface area contributed by atoms with Crippen LogP contribution in [0.5, 0.6) is 0 Å². The van der Waals surface area contributed by atoms with Crippen LogP contribution in [0.25, 0.3) is 22.3 Å². The number of nitrogens with one attached hydrogen (secondary N) is 1. The monoisotopic (exact) mass is 582 g/mol. The van der Waals surface area contributed by atoms with Crippen LogP contribution in [-0.2, 0) is 20.9 Å². The minimum atomic E-state index is -1.07. The molecule has 43 heavy (non-hydrogen) atoms. The van der Waals surface area contributed by atoms with Gasteiger partial charge in [-0.05, 0) is 52.1 Å². The predicted molar refractivity (Wildman–Crippen MR) is 169 cm³/mol. The Hall–Kier alpha value is -4.20. The predicted octanol–water partition coefficient (Wildman–Crippen LogP) is 6.16. The van der Waals surface area contributed by atoms with Gasteiger partial charge in [0.2, 0.25) is 5.91 Å². The van der Waals surface area contributed by atoms with Crippen molar-refractivity contribution in [2.45, 2.75) is 64.8 Å². The fourth-order valence-corrected chi connectivity index (χ4v) is 4.97. The first-order valence-electron chi connectivity index (χ1n) is 14.8. The lowest BCUT2D eigenvalue weighted by Crippen LogP contribution is -2.50. The maximum Gasteiger partial charge on any atom is 0.306 e. The summed E-state index contributed by atoms with van der Waals surface area (Å²) in [6.45, 7) is 5.78. The van der Waals surface area contributed by atoms with Gasteiger partial charge in [-0.25, -0.2) is 0 Å². The summed E-state index contributed by atoms with van der Waals surface area (Å²) in [5, 5.41) is 24.2. The largest absolute Gasteiger partial charge is 0.461 e. The summed E-state index contributed by atoms with van der Waals surface area (Å²) in [5.74, 6) is -0.748. The number of benzene rings is 3. The van der Waals surface area contributed by atoms with Gasteiger partial charge in [0.1, 0.15) is 12.6 Å². The molecular weight excluding hydrogens is 540 g/mol. The van der Waals surface area contributed by atoms with E-state index < -0.39 is 24.1 Å². The lowest BCUT2D eigenvalue weighted by molar-refractivity contribution is -0.145. The van der Waals surface area contributed by atoms with Crippen molar-refractivity contribution in [2.24, 2.45) is 5.41 Å². The molecule has 3 atom stereocenters. The van der Waals surface area contributed by atoms with Gasteiger partial charge in [-0.3, -0.25) is 9.59 Å². The molecule has 0 spiro atoms. The number of esters is 1. The third kappa shape index (κ3) is 8.89. The molecule has 1 heterocycles. The molecule has 0 aliphatic rings. The zero-order chi connectivity index (χ0) is 30.8. The van der Waals surface area contributed by atoms with Crippen LogP contribution in [0.15, 0.2) is 103 Å². The molecule has 0 saturated heterocycles. The second-order valence-corrected chi connectivity index (χ2v) is 12.0. The number of aliphatic hydroxyl groups is 2. The minimum absolute atomic E-state index is 0.129. The highest BCUT2D eigenvalue weighted by Crippen LogP contribution is 2.28. The number of hydrogen-bond acceptors (Lipinski definition) is 5. The van der Waals surface area contributed by atoms with Crippen LogP contribution in [0.1, 0.15) is 51.6 Å². The Labute approximate surface area is 254 Å². The third-order valence-electron chi connectivity index (χ3n) is 7.66. The molecule has 1 aromatic heterocycles. The van der Waals surface area contributed by atoms with Crippen LogP contribution in [0.4, 0.5) is 0 Å². The second kappa shape index (κ2) is 14.8. The van der Waals surface area contributed by atoms with E-state index in [0.717, 1.165) is 27.8 Å². The van der Waals surface area contributed by atoms with Crippen LogP contribution in [0, 0.1) is 5.41 Å². The highest BCUT2D eigenvalue weighted by Gasteiger charge is 2.33. The number of nitrogens with zero attached hydrogens (tertiary/aromatic N) is 1. The molecule has 4 aromatic rings. The van der Waals surface area contributed by atoms with Crippen molar-refractivity contribution in [2.75, 3.05) is 6.61 Å². The summed E-state index contributed by atoms with van der Waals surface area (Å²) in [5.41, 5.74) is 4.65. The van der Waals surface area contributed by atoms with E-state index in [4.69, 9.17) is 4.74 Å². The summed E-state index contributed by atoms with van der Waals surface area (Å²) >= 11 is 0. The van der Waals surface area contributed by atoms with Gasteiger partial charge in [0, 0.05) is 18.8 Å². The first-order valence-corrected chi connectivity index (χ1v) is 14.8. The Morgan fingerprint density at radius 2 is 1.42 bits per heavy atom. The van der Waals surface area contributed by atoms with E-state index in [9.17, 15) is 19.8 Å². The first kappa shape index (κ1) is 31.7. The normalized spacial score (nSPS) is 13.6. The Bertz CT molecular complexity index is 1440. The van der Waals surface area contributed by atoms with Crippen LogP contribution in [0.2, 0.25) is 0 Å². The molecule has 0 radical (unpaired) electrons. The van der Waals surface area contributed by atoms with Gasteiger partial charge in [0.25, 0.3) is 0 Å². The van der Waals surface area contributed by atoms with Crippen molar-refractivity contribution < 1.29 is 24.5 Å². The third-order valence-corrected chi connectivity index (χ3v) is 7.66. The van der Waals surface area contributed by atoms with Crippen LogP contribution >= 0.6 is 0 Å². The maximum atomic E-state index is 13.6.